The van der Waals surface area contributed by atoms with Crippen molar-refractivity contribution in [3.05, 3.63) is 28.4 Å². The molecular formula is C15H19N5O2S. The molecule has 0 bridgehead atoms. The highest BCUT2D eigenvalue weighted by Crippen LogP contribution is 2.21. The number of rotatable bonds is 5. The van der Waals surface area contributed by atoms with Gasteiger partial charge in [0, 0.05) is 19.0 Å². The molecule has 8 heteroatoms. The molecule has 0 spiro atoms. The van der Waals surface area contributed by atoms with Gasteiger partial charge >= 0.3 is 0 Å². The smallest absolute Gasteiger partial charge is 0.267 e. The minimum atomic E-state index is -0.0496. The maximum Gasteiger partial charge on any atom is 0.267 e. The van der Waals surface area contributed by atoms with Crippen molar-refractivity contribution in [3.63, 3.8) is 0 Å². The van der Waals surface area contributed by atoms with E-state index in [0.29, 0.717) is 23.8 Å². The fourth-order valence-electron chi connectivity index (χ4n) is 2.54. The Labute approximate surface area is 138 Å². The molecule has 1 aliphatic heterocycles. The molecule has 3 heterocycles. The van der Waals surface area contributed by atoms with Crippen LogP contribution in [-0.4, -0.2) is 49.8 Å². The molecule has 1 aliphatic rings. The zero-order chi connectivity index (χ0) is 16.2. The molecule has 1 saturated heterocycles. The number of hydrogen-bond donors (Lipinski definition) is 0. The number of ether oxygens (including phenoxy) is 1. The van der Waals surface area contributed by atoms with Crippen LogP contribution in [0.2, 0.25) is 0 Å². The number of likely N-dealkylation sites (tertiary alicyclic amines) is 1. The highest BCUT2D eigenvalue weighted by atomic mass is 32.1. The average Bonchev–Trinajstić information content (AvgIpc) is 3.19. The lowest BCUT2D eigenvalue weighted by molar-refractivity contribution is 0.0774. The van der Waals surface area contributed by atoms with Crippen molar-refractivity contribution in [2.45, 2.75) is 39.2 Å². The second-order valence-corrected chi connectivity index (χ2v) is 6.35. The van der Waals surface area contributed by atoms with E-state index < -0.39 is 0 Å². The molecule has 0 aromatic carbocycles. The highest BCUT2D eigenvalue weighted by molar-refractivity contribution is 7.08. The van der Waals surface area contributed by atoms with Crippen molar-refractivity contribution < 1.29 is 9.53 Å². The molecule has 0 radical (unpaired) electrons. The van der Waals surface area contributed by atoms with Gasteiger partial charge in [-0.3, -0.25) is 4.79 Å². The average molecular weight is 333 g/mol. The van der Waals surface area contributed by atoms with Crippen LogP contribution in [0.1, 0.15) is 40.8 Å². The monoisotopic (exact) mass is 333 g/mol. The molecule has 1 amide bonds. The Bertz CT molecular complexity index is 673. The maximum atomic E-state index is 12.6. The fraction of sp³-hybridized carbons (Fsp3) is 0.533. The lowest BCUT2D eigenvalue weighted by Crippen LogP contribution is -2.31. The van der Waals surface area contributed by atoms with Crippen LogP contribution >= 0.6 is 11.5 Å². The Hall–Kier alpha value is -2.09. The van der Waals surface area contributed by atoms with E-state index in [1.807, 2.05) is 13.0 Å². The number of carbonyl (C=O) groups is 1. The summed E-state index contributed by atoms with van der Waals surface area (Å²) >= 11 is 1.18. The zero-order valence-corrected chi connectivity index (χ0v) is 14.0. The normalized spacial score (nSPS) is 17.5. The maximum absolute atomic E-state index is 12.6. The Morgan fingerprint density at radius 1 is 1.39 bits per heavy atom. The van der Waals surface area contributed by atoms with Crippen molar-refractivity contribution in [2.75, 3.05) is 13.1 Å². The summed E-state index contributed by atoms with van der Waals surface area (Å²) in [6.45, 7) is 5.17. The van der Waals surface area contributed by atoms with Gasteiger partial charge in [0.05, 0.1) is 17.9 Å². The highest BCUT2D eigenvalue weighted by Gasteiger charge is 2.30. The number of aromatic nitrogens is 4. The van der Waals surface area contributed by atoms with E-state index in [0.717, 1.165) is 30.7 Å². The summed E-state index contributed by atoms with van der Waals surface area (Å²) in [7, 11) is 0. The van der Waals surface area contributed by atoms with Crippen LogP contribution in [0.4, 0.5) is 0 Å². The lowest BCUT2D eigenvalue weighted by atomic mass is 10.2. The third kappa shape index (κ3) is 3.64. The van der Waals surface area contributed by atoms with E-state index in [2.05, 4.69) is 26.7 Å². The molecule has 1 atom stereocenters. The molecule has 2 aromatic heterocycles. The first-order valence-corrected chi connectivity index (χ1v) is 8.52. The molecule has 0 unspecified atom stereocenters. The van der Waals surface area contributed by atoms with Gasteiger partial charge in [-0.25, -0.2) is 0 Å². The molecule has 0 N–H and O–H groups in total. The summed E-state index contributed by atoms with van der Waals surface area (Å²) < 4.78 is 9.73. The Morgan fingerprint density at radius 3 is 3.00 bits per heavy atom. The molecule has 0 saturated carbocycles. The number of aryl methyl sites for hydroxylation is 2. The second-order valence-electron chi connectivity index (χ2n) is 5.59. The van der Waals surface area contributed by atoms with Gasteiger partial charge in [0.1, 0.15) is 11.0 Å². The lowest BCUT2D eigenvalue weighted by Gasteiger charge is -2.16. The van der Waals surface area contributed by atoms with Gasteiger partial charge in [0.2, 0.25) is 5.88 Å². The van der Waals surface area contributed by atoms with Crippen molar-refractivity contribution >= 4 is 17.4 Å². The van der Waals surface area contributed by atoms with Crippen molar-refractivity contribution in [2.24, 2.45) is 0 Å². The van der Waals surface area contributed by atoms with Crippen LogP contribution in [0.15, 0.2) is 12.1 Å². The van der Waals surface area contributed by atoms with Gasteiger partial charge in [-0.2, -0.15) is 5.10 Å². The standard InChI is InChI=1S/C15H19N5O2S/c1-3-4-12-14(23-19-17-12)15(21)20-8-7-11(9-20)22-13-6-5-10(2)16-18-13/h5-6,11H,3-4,7-9H2,1-2H3/t11-/m1/s1. The molecule has 7 nitrogen and oxygen atoms in total. The topological polar surface area (TPSA) is 81.1 Å². The summed E-state index contributed by atoms with van der Waals surface area (Å²) in [6, 6.07) is 3.67. The number of amides is 1. The van der Waals surface area contributed by atoms with Gasteiger partial charge < -0.3 is 9.64 Å². The largest absolute Gasteiger partial charge is 0.471 e. The predicted molar refractivity (Wildman–Crippen MR) is 85.6 cm³/mol. The third-order valence-corrected chi connectivity index (χ3v) is 4.49. The van der Waals surface area contributed by atoms with E-state index in [1.54, 1.807) is 11.0 Å². The third-order valence-electron chi connectivity index (χ3n) is 3.73. The predicted octanol–water partition coefficient (Wildman–Crippen LogP) is 1.88. The van der Waals surface area contributed by atoms with Gasteiger partial charge in [-0.15, -0.1) is 10.2 Å². The molecule has 1 fully saturated rings. The number of carbonyl (C=O) groups excluding carboxylic acids is 1. The molecular weight excluding hydrogens is 314 g/mol. The van der Waals surface area contributed by atoms with Crippen LogP contribution in [0.3, 0.4) is 0 Å². The molecule has 0 aliphatic carbocycles. The first-order valence-electron chi connectivity index (χ1n) is 7.75. The molecule has 2 aromatic rings. The summed E-state index contributed by atoms with van der Waals surface area (Å²) in [4.78, 5) is 15.1. The minimum Gasteiger partial charge on any atom is -0.471 e. The molecule has 3 rings (SSSR count). The zero-order valence-electron chi connectivity index (χ0n) is 13.2. The van der Waals surface area contributed by atoms with Crippen molar-refractivity contribution in [1.82, 2.24) is 24.7 Å². The van der Waals surface area contributed by atoms with E-state index in [1.165, 1.54) is 11.5 Å². The molecule has 23 heavy (non-hydrogen) atoms. The van der Waals surface area contributed by atoms with Gasteiger partial charge in [-0.05, 0) is 30.9 Å². The fourth-order valence-corrected chi connectivity index (χ4v) is 3.22. The first kappa shape index (κ1) is 15.8. The van der Waals surface area contributed by atoms with Crippen molar-refractivity contribution in [1.29, 1.82) is 0 Å². The quantitative estimate of drug-likeness (QED) is 0.831. The van der Waals surface area contributed by atoms with Crippen LogP contribution < -0.4 is 4.74 Å². The Morgan fingerprint density at radius 2 is 2.26 bits per heavy atom. The van der Waals surface area contributed by atoms with E-state index in [4.69, 9.17) is 4.74 Å². The van der Waals surface area contributed by atoms with E-state index in [9.17, 15) is 4.79 Å². The summed E-state index contributed by atoms with van der Waals surface area (Å²) in [6.07, 6.45) is 2.47. The summed E-state index contributed by atoms with van der Waals surface area (Å²) in [5, 5.41) is 12.0. The van der Waals surface area contributed by atoms with Crippen LogP contribution in [0, 0.1) is 6.92 Å². The number of nitrogens with zero attached hydrogens (tertiary/aromatic N) is 5. The summed E-state index contributed by atoms with van der Waals surface area (Å²) in [5.41, 5.74) is 1.65. The van der Waals surface area contributed by atoms with E-state index >= 15 is 0 Å². The Balaban J connectivity index is 1.61. The second kappa shape index (κ2) is 6.99. The van der Waals surface area contributed by atoms with Crippen LogP contribution in [-0.2, 0) is 6.42 Å². The summed E-state index contributed by atoms with van der Waals surface area (Å²) in [5.74, 6) is 0.505. The van der Waals surface area contributed by atoms with Gasteiger partial charge in [0.15, 0.2) is 0 Å². The molecule has 122 valence electrons. The van der Waals surface area contributed by atoms with Gasteiger partial charge in [-0.1, -0.05) is 17.8 Å². The minimum absolute atomic E-state index is 0.00420. The van der Waals surface area contributed by atoms with Crippen LogP contribution in [0.25, 0.3) is 0 Å². The Kier molecular flexibility index (Phi) is 4.80. The van der Waals surface area contributed by atoms with Gasteiger partial charge in [0.25, 0.3) is 5.91 Å². The van der Waals surface area contributed by atoms with Crippen LogP contribution in [0.5, 0.6) is 5.88 Å². The first-order chi connectivity index (χ1) is 11.2. The van der Waals surface area contributed by atoms with Crippen molar-refractivity contribution in [3.8, 4) is 5.88 Å². The van der Waals surface area contributed by atoms with E-state index in [-0.39, 0.29) is 12.0 Å². The SMILES string of the molecule is CCCc1nnsc1C(=O)N1CC[C@@H](Oc2ccc(C)nn2)C1. The number of hydrogen-bond acceptors (Lipinski definition) is 7.